The van der Waals surface area contributed by atoms with Crippen molar-refractivity contribution in [1.29, 1.82) is 0 Å². The molecule has 0 fully saturated rings. The fraction of sp³-hybridized carbons (Fsp3) is 0.316. The number of halogens is 2. The molecule has 26 heavy (non-hydrogen) atoms. The van der Waals surface area contributed by atoms with Crippen LogP contribution in [0.2, 0.25) is 0 Å². The molecule has 2 rings (SSSR count). The number of benzene rings is 2. The van der Waals surface area contributed by atoms with Gasteiger partial charge >= 0.3 is 6.61 Å². The number of carbonyl (C=O) groups is 1. The van der Waals surface area contributed by atoms with Crippen LogP contribution in [-0.2, 0) is 11.3 Å². The van der Waals surface area contributed by atoms with E-state index in [1.807, 2.05) is 19.1 Å². The molecule has 0 aromatic heterocycles. The monoisotopic (exact) mass is 365 g/mol. The number of methoxy groups -OCH3 is 1. The molecule has 0 heterocycles. The van der Waals surface area contributed by atoms with Crippen LogP contribution >= 0.6 is 0 Å². The zero-order valence-electron chi connectivity index (χ0n) is 14.9. The second kappa shape index (κ2) is 9.03. The molecule has 0 aliphatic rings. The molecule has 5 nitrogen and oxygen atoms in total. The van der Waals surface area contributed by atoms with Crippen LogP contribution < -0.4 is 14.2 Å². The molecule has 140 valence electrons. The van der Waals surface area contributed by atoms with Crippen LogP contribution in [0.4, 0.5) is 8.78 Å². The molecule has 0 N–H and O–H groups in total. The molecule has 7 heteroatoms. The van der Waals surface area contributed by atoms with Gasteiger partial charge in [-0.1, -0.05) is 23.8 Å². The van der Waals surface area contributed by atoms with Crippen molar-refractivity contribution in [3.05, 3.63) is 53.6 Å². The van der Waals surface area contributed by atoms with Gasteiger partial charge in [0.2, 0.25) is 0 Å². The molecule has 0 bridgehead atoms. The zero-order chi connectivity index (χ0) is 19.1. The van der Waals surface area contributed by atoms with E-state index in [9.17, 15) is 13.6 Å². The standard InChI is InChI=1S/C19H21F2NO4/c1-13-4-7-15(8-5-13)25-12-18(23)22(2)11-14-6-9-16(24-3)17(10-14)26-19(20)21/h4-10,19H,11-12H2,1-3H3. The Kier molecular flexibility index (Phi) is 6.77. The van der Waals surface area contributed by atoms with E-state index < -0.39 is 6.61 Å². The van der Waals surface area contributed by atoms with E-state index in [0.717, 1.165) is 5.56 Å². The molecule has 0 spiro atoms. The van der Waals surface area contributed by atoms with E-state index >= 15 is 0 Å². The predicted octanol–water partition coefficient (Wildman–Crippen LogP) is 3.64. The Balaban J connectivity index is 1.96. The smallest absolute Gasteiger partial charge is 0.387 e. The van der Waals surface area contributed by atoms with Crippen LogP contribution in [-0.4, -0.2) is 38.2 Å². The van der Waals surface area contributed by atoms with Gasteiger partial charge in [-0.2, -0.15) is 8.78 Å². The van der Waals surface area contributed by atoms with E-state index in [1.165, 1.54) is 24.1 Å². The molecule has 0 saturated heterocycles. The van der Waals surface area contributed by atoms with Gasteiger partial charge < -0.3 is 19.1 Å². The average Bonchev–Trinajstić information content (AvgIpc) is 2.60. The molecule has 0 radical (unpaired) electrons. The zero-order valence-corrected chi connectivity index (χ0v) is 14.9. The van der Waals surface area contributed by atoms with Gasteiger partial charge in [0.1, 0.15) is 5.75 Å². The van der Waals surface area contributed by atoms with Crippen LogP contribution in [0.1, 0.15) is 11.1 Å². The summed E-state index contributed by atoms with van der Waals surface area (Å²) in [6, 6.07) is 12.0. The van der Waals surface area contributed by atoms with E-state index in [-0.39, 0.29) is 30.6 Å². The SMILES string of the molecule is COc1ccc(CN(C)C(=O)COc2ccc(C)cc2)cc1OC(F)F. The van der Waals surface area contributed by atoms with Gasteiger partial charge in [0.25, 0.3) is 5.91 Å². The number of amides is 1. The second-order valence-corrected chi connectivity index (χ2v) is 5.72. The first-order valence-electron chi connectivity index (χ1n) is 7.94. The molecular formula is C19H21F2NO4. The lowest BCUT2D eigenvalue weighted by molar-refractivity contribution is -0.132. The fourth-order valence-electron chi connectivity index (χ4n) is 2.26. The van der Waals surface area contributed by atoms with Crippen LogP contribution in [0.25, 0.3) is 0 Å². The van der Waals surface area contributed by atoms with Crippen molar-refractivity contribution in [3.63, 3.8) is 0 Å². The lowest BCUT2D eigenvalue weighted by Crippen LogP contribution is -2.31. The average molecular weight is 365 g/mol. The second-order valence-electron chi connectivity index (χ2n) is 5.72. The summed E-state index contributed by atoms with van der Waals surface area (Å²) in [6.45, 7) is -0.888. The van der Waals surface area contributed by atoms with Crippen LogP contribution in [0.15, 0.2) is 42.5 Å². The highest BCUT2D eigenvalue weighted by Crippen LogP contribution is 2.29. The summed E-state index contributed by atoms with van der Waals surface area (Å²) in [6.07, 6.45) is 0. The molecule has 0 aliphatic heterocycles. The summed E-state index contributed by atoms with van der Waals surface area (Å²) in [5.41, 5.74) is 1.73. The maximum atomic E-state index is 12.5. The number of alkyl halides is 2. The number of aryl methyl sites for hydroxylation is 1. The molecule has 2 aromatic carbocycles. The normalized spacial score (nSPS) is 10.5. The van der Waals surface area contributed by atoms with E-state index in [0.29, 0.717) is 11.3 Å². The van der Waals surface area contributed by atoms with Crippen molar-refractivity contribution in [3.8, 4) is 17.2 Å². The van der Waals surface area contributed by atoms with Crippen molar-refractivity contribution in [2.45, 2.75) is 20.1 Å². The molecule has 1 amide bonds. The minimum Gasteiger partial charge on any atom is -0.493 e. The lowest BCUT2D eigenvalue weighted by atomic mass is 10.2. The van der Waals surface area contributed by atoms with Gasteiger partial charge in [-0.05, 0) is 36.8 Å². The van der Waals surface area contributed by atoms with Crippen LogP contribution in [0, 0.1) is 6.92 Å². The molecule has 2 aromatic rings. The van der Waals surface area contributed by atoms with Gasteiger partial charge in [0.05, 0.1) is 7.11 Å². The fourth-order valence-corrected chi connectivity index (χ4v) is 2.26. The Morgan fingerprint density at radius 1 is 1.12 bits per heavy atom. The maximum absolute atomic E-state index is 12.5. The van der Waals surface area contributed by atoms with Gasteiger partial charge in [-0.25, -0.2) is 0 Å². The highest BCUT2D eigenvalue weighted by Gasteiger charge is 2.14. The third kappa shape index (κ3) is 5.61. The van der Waals surface area contributed by atoms with Gasteiger partial charge in [-0.15, -0.1) is 0 Å². The third-order valence-corrected chi connectivity index (χ3v) is 3.67. The number of ether oxygens (including phenoxy) is 3. The number of hydrogen-bond donors (Lipinski definition) is 0. The maximum Gasteiger partial charge on any atom is 0.387 e. The summed E-state index contributed by atoms with van der Waals surface area (Å²) in [5.74, 6) is 0.495. The Bertz CT molecular complexity index is 735. The molecule has 0 unspecified atom stereocenters. The summed E-state index contributed by atoms with van der Waals surface area (Å²) in [4.78, 5) is 13.6. The van der Waals surface area contributed by atoms with Crippen molar-refractivity contribution in [2.24, 2.45) is 0 Å². The number of carbonyl (C=O) groups excluding carboxylic acids is 1. The van der Waals surface area contributed by atoms with Crippen molar-refractivity contribution < 1.29 is 27.8 Å². The molecule has 0 atom stereocenters. The lowest BCUT2D eigenvalue weighted by Gasteiger charge is -2.19. The first-order chi connectivity index (χ1) is 12.4. The summed E-state index contributed by atoms with van der Waals surface area (Å²) < 4.78 is 39.9. The van der Waals surface area contributed by atoms with Crippen molar-refractivity contribution in [2.75, 3.05) is 20.8 Å². The van der Waals surface area contributed by atoms with Gasteiger partial charge in [0, 0.05) is 13.6 Å². The predicted molar refractivity (Wildman–Crippen MR) is 92.8 cm³/mol. The quantitative estimate of drug-likeness (QED) is 0.717. The van der Waals surface area contributed by atoms with Crippen molar-refractivity contribution >= 4 is 5.91 Å². The highest BCUT2D eigenvalue weighted by atomic mass is 19.3. The minimum atomic E-state index is -2.96. The summed E-state index contributed by atoms with van der Waals surface area (Å²) in [5, 5.41) is 0. The number of nitrogens with zero attached hydrogens (tertiary/aromatic N) is 1. The summed E-state index contributed by atoms with van der Waals surface area (Å²) >= 11 is 0. The number of likely N-dealkylation sites (N-methyl/N-ethyl adjacent to an activating group) is 1. The third-order valence-electron chi connectivity index (χ3n) is 3.67. The van der Waals surface area contributed by atoms with E-state index in [4.69, 9.17) is 9.47 Å². The van der Waals surface area contributed by atoms with E-state index in [2.05, 4.69) is 4.74 Å². The first-order valence-corrected chi connectivity index (χ1v) is 7.94. The van der Waals surface area contributed by atoms with Gasteiger partial charge in [-0.3, -0.25) is 4.79 Å². The summed E-state index contributed by atoms with van der Waals surface area (Å²) in [7, 11) is 2.98. The number of rotatable bonds is 8. The van der Waals surface area contributed by atoms with Crippen molar-refractivity contribution in [1.82, 2.24) is 4.90 Å². The largest absolute Gasteiger partial charge is 0.493 e. The minimum absolute atomic E-state index is 0.0724. The Labute approximate surface area is 151 Å². The van der Waals surface area contributed by atoms with Gasteiger partial charge in [0.15, 0.2) is 18.1 Å². The molecule has 0 aliphatic carbocycles. The Hall–Kier alpha value is -2.83. The highest BCUT2D eigenvalue weighted by molar-refractivity contribution is 5.77. The van der Waals surface area contributed by atoms with Crippen LogP contribution in [0.3, 0.4) is 0 Å². The molecule has 0 saturated carbocycles. The van der Waals surface area contributed by atoms with E-state index in [1.54, 1.807) is 25.2 Å². The molecular weight excluding hydrogens is 344 g/mol. The Morgan fingerprint density at radius 2 is 1.81 bits per heavy atom. The first kappa shape index (κ1) is 19.5. The number of hydrogen-bond acceptors (Lipinski definition) is 4. The Morgan fingerprint density at radius 3 is 2.42 bits per heavy atom. The van der Waals surface area contributed by atoms with Crippen LogP contribution in [0.5, 0.6) is 17.2 Å². The topological polar surface area (TPSA) is 48.0 Å².